The highest BCUT2D eigenvalue weighted by Crippen LogP contribution is 2.30. The minimum absolute atomic E-state index is 0.336. The molecule has 2 aromatic heterocycles. The predicted octanol–water partition coefficient (Wildman–Crippen LogP) is 2.25. The molecular formula is C13H10N2O2S. The number of aromatic amines is 2. The standard InChI is InChI=1S/C13H10N2O2S/c1-7-2-4-8(5-3-7)9-6-18-11-10(9)14-13(17)15-12(11)16/h2-6H,1H3,(H2,14,15,16,17). The second kappa shape index (κ2) is 3.96. The Kier molecular flexibility index (Phi) is 2.41. The number of fused-ring (bicyclic) bond motifs is 1. The summed E-state index contributed by atoms with van der Waals surface area (Å²) >= 11 is 1.33. The largest absolute Gasteiger partial charge is 0.326 e. The zero-order valence-electron chi connectivity index (χ0n) is 9.61. The van der Waals surface area contributed by atoms with Crippen LogP contribution in [0.15, 0.2) is 39.2 Å². The number of aryl methyl sites for hydroxylation is 1. The van der Waals surface area contributed by atoms with Crippen LogP contribution in [-0.2, 0) is 0 Å². The van der Waals surface area contributed by atoms with Gasteiger partial charge in [0.15, 0.2) is 0 Å². The molecule has 0 radical (unpaired) electrons. The summed E-state index contributed by atoms with van der Waals surface area (Å²) in [6.45, 7) is 2.02. The number of hydrogen-bond donors (Lipinski definition) is 2. The number of benzene rings is 1. The van der Waals surface area contributed by atoms with Crippen molar-refractivity contribution >= 4 is 21.6 Å². The van der Waals surface area contributed by atoms with Gasteiger partial charge in [0.05, 0.1) is 5.52 Å². The van der Waals surface area contributed by atoms with Crippen LogP contribution in [0.5, 0.6) is 0 Å². The summed E-state index contributed by atoms with van der Waals surface area (Å²) in [7, 11) is 0. The topological polar surface area (TPSA) is 65.7 Å². The van der Waals surface area contributed by atoms with E-state index in [4.69, 9.17) is 0 Å². The van der Waals surface area contributed by atoms with Crippen molar-refractivity contribution in [3.63, 3.8) is 0 Å². The van der Waals surface area contributed by atoms with E-state index in [1.165, 1.54) is 16.9 Å². The van der Waals surface area contributed by atoms with Crippen LogP contribution in [0.3, 0.4) is 0 Å². The number of H-pyrrole nitrogens is 2. The van der Waals surface area contributed by atoms with Crippen molar-refractivity contribution in [2.75, 3.05) is 0 Å². The average Bonchev–Trinajstić information content (AvgIpc) is 2.74. The number of rotatable bonds is 1. The smallest absolute Gasteiger partial charge is 0.305 e. The first-order valence-corrected chi connectivity index (χ1v) is 6.34. The van der Waals surface area contributed by atoms with E-state index in [9.17, 15) is 9.59 Å². The fourth-order valence-corrected chi connectivity index (χ4v) is 2.83. The molecule has 0 bridgehead atoms. The molecule has 0 fully saturated rings. The molecule has 0 spiro atoms. The third kappa shape index (κ3) is 1.69. The van der Waals surface area contributed by atoms with Crippen LogP contribution in [0, 0.1) is 6.92 Å². The van der Waals surface area contributed by atoms with E-state index in [1.807, 2.05) is 36.6 Å². The van der Waals surface area contributed by atoms with E-state index < -0.39 is 5.69 Å². The SMILES string of the molecule is Cc1ccc(-c2csc3c(=O)[nH]c(=O)[nH]c23)cc1. The van der Waals surface area contributed by atoms with Crippen LogP contribution in [0.25, 0.3) is 21.3 Å². The molecule has 0 aliphatic rings. The van der Waals surface area contributed by atoms with Gasteiger partial charge in [-0.15, -0.1) is 11.3 Å². The Labute approximate surface area is 106 Å². The summed E-state index contributed by atoms with van der Waals surface area (Å²) in [5, 5.41) is 1.89. The Morgan fingerprint density at radius 3 is 2.50 bits per heavy atom. The number of aromatic nitrogens is 2. The fraction of sp³-hybridized carbons (Fsp3) is 0.0769. The second-order valence-electron chi connectivity index (χ2n) is 4.13. The van der Waals surface area contributed by atoms with Crippen LogP contribution >= 0.6 is 11.3 Å². The Morgan fingerprint density at radius 1 is 1.06 bits per heavy atom. The van der Waals surface area contributed by atoms with Crippen LogP contribution < -0.4 is 11.2 Å². The monoisotopic (exact) mass is 258 g/mol. The van der Waals surface area contributed by atoms with Gasteiger partial charge in [-0.05, 0) is 12.5 Å². The highest BCUT2D eigenvalue weighted by molar-refractivity contribution is 7.17. The molecule has 0 atom stereocenters. The molecule has 0 saturated heterocycles. The maximum atomic E-state index is 11.6. The molecule has 5 heteroatoms. The molecule has 3 aromatic rings. The third-order valence-electron chi connectivity index (χ3n) is 2.83. The van der Waals surface area contributed by atoms with Gasteiger partial charge in [0, 0.05) is 10.9 Å². The van der Waals surface area contributed by atoms with Gasteiger partial charge in [-0.2, -0.15) is 0 Å². The lowest BCUT2D eigenvalue weighted by molar-refractivity contribution is 1.09. The zero-order chi connectivity index (χ0) is 12.7. The molecule has 1 aromatic carbocycles. The highest BCUT2D eigenvalue weighted by atomic mass is 32.1. The van der Waals surface area contributed by atoms with Crippen molar-refractivity contribution in [3.05, 3.63) is 56.0 Å². The Morgan fingerprint density at radius 2 is 1.78 bits per heavy atom. The van der Waals surface area contributed by atoms with Crippen LogP contribution in [0.2, 0.25) is 0 Å². The van der Waals surface area contributed by atoms with Crippen molar-refractivity contribution in [1.29, 1.82) is 0 Å². The minimum atomic E-state index is -0.473. The molecule has 18 heavy (non-hydrogen) atoms. The van der Waals surface area contributed by atoms with E-state index in [0.29, 0.717) is 10.2 Å². The summed E-state index contributed by atoms with van der Waals surface area (Å²) < 4.78 is 0.546. The Bertz CT molecular complexity index is 825. The van der Waals surface area contributed by atoms with Gasteiger partial charge < -0.3 is 4.98 Å². The van der Waals surface area contributed by atoms with E-state index in [-0.39, 0.29) is 5.56 Å². The van der Waals surface area contributed by atoms with Crippen molar-refractivity contribution in [3.8, 4) is 11.1 Å². The summed E-state index contributed by atoms with van der Waals surface area (Å²) in [4.78, 5) is 27.9. The van der Waals surface area contributed by atoms with Crippen molar-refractivity contribution in [2.24, 2.45) is 0 Å². The first kappa shape index (κ1) is 11.0. The van der Waals surface area contributed by atoms with E-state index in [1.54, 1.807) is 0 Å². The van der Waals surface area contributed by atoms with Gasteiger partial charge in [0.1, 0.15) is 4.70 Å². The second-order valence-corrected chi connectivity index (χ2v) is 5.01. The Hall–Kier alpha value is -2.14. The van der Waals surface area contributed by atoms with Gasteiger partial charge in [0.2, 0.25) is 0 Å². The van der Waals surface area contributed by atoms with E-state index in [0.717, 1.165) is 11.1 Å². The molecule has 2 N–H and O–H groups in total. The van der Waals surface area contributed by atoms with Gasteiger partial charge >= 0.3 is 5.69 Å². The van der Waals surface area contributed by atoms with Crippen molar-refractivity contribution < 1.29 is 0 Å². The quantitative estimate of drug-likeness (QED) is 0.703. The fourth-order valence-electron chi connectivity index (χ4n) is 1.90. The lowest BCUT2D eigenvalue weighted by Crippen LogP contribution is -2.20. The van der Waals surface area contributed by atoms with Gasteiger partial charge in [0.25, 0.3) is 5.56 Å². The van der Waals surface area contributed by atoms with Crippen molar-refractivity contribution in [1.82, 2.24) is 9.97 Å². The maximum absolute atomic E-state index is 11.6. The molecule has 0 aliphatic heterocycles. The van der Waals surface area contributed by atoms with E-state index >= 15 is 0 Å². The molecular weight excluding hydrogens is 248 g/mol. The van der Waals surface area contributed by atoms with Crippen molar-refractivity contribution in [2.45, 2.75) is 6.92 Å². The number of hydrogen-bond acceptors (Lipinski definition) is 3. The maximum Gasteiger partial charge on any atom is 0.326 e. The zero-order valence-corrected chi connectivity index (χ0v) is 10.4. The highest BCUT2D eigenvalue weighted by Gasteiger charge is 2.10. The van der Waals surface area contributed by atoms with Gasteiger partial charge in [-0.1, -0.05) is 29.8 Å². The third-order valence-corrected chi connectivity index (χ3v) is 3.80. The van der Waals surface area contributed by atoms with Gasteiger partial charge in [-0.25, -0.2) is 4.79 Å². The lowest BCUT2D eigenvalue weighted by Gasteiger charge is -2.00. The summed E-state index contributed by atoms with van der Waals surface area (Å²) in [6, 6.07) is 7.97. The van der Waals surface area contributed by atoms with E-state index in [2.05, 4.69) is 9.97 Å². The minimum Gasteiger partial charge on any atom is -0.305 e. The molecule has 0 unspecified atom stereocenters. The Balaban J connectivity index is 2.33. The molecule has 2 heterocycles. The summed E-state index contributed by atoms with van der Waals surface area (Å²) in [5.41, 5.74) is 2.85. The van der Waals surface area contributed by atoms with Crippen LogP contribution in [0.4, 0.5) is 0 Å². The predicted molar refractivity (Wildman–Crippen MR) is 73.2 cm³/mol. The molecule has 0 amide bonds. The lowest BCUT2D eigenvalue weighted by atomic mass is 10.1. The first-order valence-electron chi connectivity index (χ1n) is 5.46. The van der Waals surface area contributed by atoms with Crippen LogP contribution in [-0.4, -0.2) is 9.97 Å². The first-order chi connectivity index (χ1) is 8.65. The van der Waals surface area contributed by atoms with Gasteiger partial charge in [-0.3, -0.25) is 9.78 Å². The molecule has 3 rings (SSSR count). The number of nitrogens with one attached hydrogen (secondary N) is 2. The molecule has 90 valence electrons. The van der Waals surface area contributed by atoms with Crippen LogP contribution in [0.1, 0.15) is 5.56 Å². The molecule has 0 saturated carbocycles. The molecule has 0 aliphatic carbocycles. The number of thiophene rings is 1. The molecule has 4 nitrogen and oxygen atoms in total. The normalized spacial score (nSPS) is 10.9. The average molecular weight is 258 g/mol. The summed E-state index contributed by atoms with van der Waals surface area (Å²) in [6.07, 6.45) is 0. The summed E-state index contributed by atoms with van der Waals surface area (Å²) in [5.74, 6) is 0.